The van der Waals surface area contributed by atoms with Gasteiger partial charge in [0.25, 0.3) is 0 Å². The number of rotatable bonds is 3. The molecule has 17 heavy (non-hydrogen) atoms. The third-order valence-corrected chi connectivity index (χ3v) is 1.79. The van der Waals surface area contributed by atoms with Crippen molar-refractivity contribution in [3.63, 3.8) is 0 Å². The van der Waals surface area contributed by atoms with E-state index in [0.717, 1.165) is 0 Å². The second kappa shape index (κ2) is 6.33. The SMILES string of the molecule is COC(=O)CC#Cc1cnc(OC)nc1OC. The highest BCUT2D eigenvalue weighted by molar-refractivity contribution is 5.72. The van der Waals surface area contributed by atoms with Gasteiger partial charge in [0.05, 0.1) is 27.5 Å². The number of methoxy groups -OCH3 is 3. The van der Waals surface area contributed by atoms with E-state index in [1.165, 1.54) is 27.5 Å². The highest BCUT2D eigenvalue weighted by Crippen LogP contribution is 2.15. The molecule has 0 aliphatic carbocycles. The molecule has 1 aromatic rings. The van der Waals surface area contributed by atoms with E-state index >= 15 is 0 Å². The molecule has 0 aromatic carbocycles. The van der Waals surface area contributed by atoms with Gasteiger partial charge in [0.1, 0.15) is 12.0 Å². The van der Waals surface area contributed by atoms with E-state index in [4.69, 9.17) is 9.47 Å². The number of nitrogens with zero attached hydrogens (tertiary/aromatic N) is 2. The molecule has 0 radical (unpaired) electrons. The van der Waals surface area contributed by atoms with Crippen molar-refractivity contribution in [3.05, 3.63) is 11.8 Å². The van der Waals surface area contributed by atoms with Gasteiger partial charge >= 0.3 is 12.0 Å². The molecule has 0 aliphatic heterocycles. The lowest BCUT2D eigenvalue weighted by Crippen LogP contribution is -1.99. The first-order valence-corrected chi connectivity index (χ1v) is 4.72. The smallest absolute Gasteiger partial charge is 0.319 e. The fraction of sp³-hybridized carbons (Fsp3) is 0.364. The van der Waals surface area contributed by atoms with Crippen LogP contribution in [0.1, 0.15) is 12.0 Å². The Hall–Kier alpha value is -2.29. The van der Waals surface area contributed by atoms with Gasteiger partial charge in [-0.1, -0.05) is 11.8 Å². The molecule has 0 aliphatic rings. The van der Waals surface area contributed by atoms with Crippen molar-refractivity contribution >= 4 is 5.97 Å². The third-order valence-electron chi connectivity index (χ3n) is 1.79. The van der Waals surface area contributed by atoms with Crippen LogP contribution >= 0.6 is 0 Å². The van der Waals surface area contributed by atoms with Crippen LogP contribution in [0.5, 0.6) is 11.9 Å². The average Bonchev–Trinajstić information content (AvgIpc) is 2.38. The highest BCUT2D eigenvalue weighted by atomic mass is 16.5. The molecular formula is C11H12N2O4. The largest absolute Gasteiger partial charge is 0.480 e. The Balaban J connectivity index is 2.86. The average molecular weight is 236 g/mol. The maximum absolute atomic E-state index is 10.8. The lowest BCUT2D eigenvalue weighted by Gasteiger charge is -2.02. The van der Waals surface area contributed by atoms with Crippen molar-refractivity contribution in [2.45, 2.75) is 6.42 Å². The van der Waals surface area contributed by atoms with Gasteiger partial charge in [-0.25, -0.2) is 4.98 Å². The van der Waals surface area contributed by atoms with Gasteiger partial charge in [-0.15, -0.1) is 0 Å². The van der Waals surface area contributed by atoms with E-state index in [1.807, 2.05) is 0 Å². The first-order chi connectivity index (χ1) is 8.21. The molecule has 0 unspecified atom stereocenters. The topological polar surface area (TPSA) is 70.5 Å². The molecule has 0 N–H and O–H groups in total. The fourth-order valence-electron chi connectivity index (χ4n) is 0.974. The Labute approximate surface area is 98.9 Å². The maximum Gasteiger partial charge on any atom is 0.319 e. The number of carbonyl (C=O) groups is 1. The minimum absolute atomic E-state index is 0.00564. The number of esters is 1. The number of hydrogen-bond donors (Lipinski definition) is 0. The zero-order valence-corrected chi connectivity index (χ0v) is 9.81. The zero-order valence-electron chi connectivity index (χ0n) is 9.81. The summed E-state index contributed by atoms with van der Waals surface area (Å²) in [5, 5.41) is 0. The number of hydrogen-bond acceptors (Lipinski definition) is 6. The summed E-state index contributed by atoms with van der Waals surface area (Å²) in [5.41, 5.74) is 0.484. The van der Waals surface area contributed by atoms with E-state index in [-0.39, 0.29) is 12.4 Å². The molecule has 6 nitrogen and oxygen atoms in total. The molecule has 0 atom stereocenters. The molecule has 1 rings (SSSR count). The summed E-state index contributed by atoms with van der Waals surface area (Å²) in [6.07, 6.45) is 1.47. The summed E-state index contributed by atoms with van der Waals surface area (Å²) in [6, 6.07) is 0.195. The predicted octanol–water partition coefficient (Wildman–Crippen LogP) is 0.408. The molecule has 1 aromatic heterocycles. The Morgan fingerprint density at radius 3 is 2.71 bits per heavy atom. The maximum atomic E-state index is 10.8. The molecule has 0 saturated heterocycles. The molecule has 1 heterocycles. The lowest BCUT2D eigenvalue weighted by molar-refractivity contribution is -0.139. The Morgan fingerprint density at radius 1 is 1.35 bits per heavy atom. The van der Waals surface area contributed by atoms with Gasteiger partial charge in [-0.2, -0.15) is 4.98 Å². The van der Waals surface area contributed by atoms with Gasteiger partial charge in [0.15, 0.2) is 0 Å². The van der Waals surface area contributed by atoms with Crippen LogP contribution in [0.2, 0.25) is 0 Å². The van der Waals surface area contributed by atoms with Crippen LogP contribution in [0, 0.1) is 11.8 Å². The summed E-state index contributed by atoms with van der Waals surface area (Å²) >= 11 is 0. The summed E-state index contributed by atoms with van der Waals surface area (Å²) in [7, 11) is 4.23. The second-order valence-corrected chi connectivity index (χ2v) is 2.83. The number of carbonyl (C=O) groups excluding carboxylic acids is 1. The highest BCUT2D eigenvalue weighted by Gasteiger charge is 2.05. The zero-order chi connectivity index (χ0) is 12.7. The normalized spacial score (nSPS) is 8.88. The molecule has 0 spiro atoms. The first-order valence-electron chi connectivity index (χ1n) is 4.72. The van der Waals surface area contributed by atoms with Crippen LogP contribution in [-0.4, -0.2) is 37.3 Å². The lowest BCUT2D eigenvalue weighted by atomic mass is 10.3. The van der Waals surface area contributed by atoms with Crippen LogP contribution in [-0.2, 0) is 9.53 Å². The van der Waals surface area contributed by atoms with Gasteiger partial charge in [0, 0.05) is 0 Å². The summed E-state index contributed by atoms with van der Waals surface area (Å²) < 4.78 is 14.3. The predicted molar refractivity (Wildman–Crippen MR) is 58.6 cm³/mol. The van der Waals surface area contributed by atoms with Gasteiger partial charge in [0.2, 0.25) is 5.88 Å². The molecule has 0 fully saturated rings. The molecular weight excluding hydrogens is 224 g/mol. The summed E-state index contributed by atoms with van der Waals surface area (Å²) in [6.45, 7) is 0. The molecule has 0 saturated carbocycles. The van der Waals surface area contributed by atoms with Gasteiger partial charge in [-0.05, 0) is 0 Å². The molecule has 6 heteroatoms. The van der Waals surface area contributed by atoms with Crippen LogP contribution in [0.3, 0.4) is 0 Å². The van der Waals surface area contributed by atoms with E-state index in [1.54, 1.807) is 0 Å². The monoisotopic (exact) mass is 236 g/mol. The Kier molecular flexibility index (Phi) is 4.76. The second-order valence-electron chi connectivity index (χ2n) is 2.83. The van der Waals surface area contributed by atoms with Crippen molar-refractivity contribution < 1.29 is 19.0 Å². The molecule has 90 valence electrons. The molecule has 0 bridgehead atoms. The van der Waals surface area contributed by atoms with Crippen molar-refractivity contribution in [3.8, 4) is 23.7 Å². The van der Waals surface area contributed by atoms with Crippen molar-refractivity contribution in [1.82, 2.24) is 9.97 Å². The van der Waals surface area contributed by atoms with E-state index in [9.17, 15) is 4.79 Å². The first kappa shape index (κ1) is 12.8. The van der Waals surface area contributed by atoms with E-state index in [2.05, 4.69) is 26.5 Å². The third kappa shape index (κ3) is 3.65. The van der Waals surface area contributed by atoms with Crippen LogP contribution in [0.4, 0.5) is 0 Å². The van der Waals surface area contributed by atoms with Crippen molar-refractivity contribution in [1.29, 1.82) is 0 Å². The number of aromatic nitrogens is 2. The van der Waals surface area contributed by atoms with Crippen molar-refractivity contribution in [2.24, 2.45) is 0 Å². The minimum atomic E-state index is -0.397. The van der Waals surface area contributed by atoms with Crippen LogP contribution in [0.15, 0.2) is 6.20 Å². The van der Waals surface area contributed by atoms with E-state index < -0.39 is 5.97 Å². The minimum Gasteiger partial charge on any atom is -0.480 e. The van der Waals surface area contributed by atoms with Crippen LogP contribution < -0.4 is 9.47 Å². The summed E-state index contributed by atoms with van der Waals surface area (Å²) in [5.74, 6) is 5.27. The molecule has 0 amide bonds. The Morgan fingerprint density at radius 2 is 2.12 bits per heavy atom. The quantitative estimate of drug-likeness (QED) is 0.559. The fourth-order valence-corrected chi connectivity index (χ4v) is 0.974. The van der Waals surface area contributed by atoms with Crippen molar-refractivity contribution in [2.75, 3.05) is 21.3 Å². The number of ether oxygens (including phenoxy) is 3. The van der Waals surface area contributed by atoms with Crippen LogP contribution in [0.25, 0.3) is 0 Å². The van der Waals surface area contributed by atoms with Gasteiger partial charge in [-0.3, -0.25) is 4.79 Å². The van der Waals surface area contributed by atoms with E-state index in [0.29, 0.717) is 11.4 Å². The van der Waals surface area contributed by atoms with Gasteiger partial charge < -0.3 is 14.2 Å². The Bertz CT molecular complexity index is 462. The summed E-state index contributed by atoms with van der Waals surface area (Å²) in [4.78, 5) is 18.7. The standard InChI is InChI=1S/C11H12N2O4/c1-15-9(14)6-4-5-8-7-12-11(17-3)13-10(8)16-2/h7H,6H2,1-3H3.